The van der Waals surface area contributed by atoms with Crippen LogP contribution in [0.5, 0.6) is 0 Å². The van der Waals surface area contributed by atoms with Crippen molar-refractivity contribution in [3.63, 3.8) is 0 Å². The fraction of sp³-hybridized carbons (Fsp3) is 0.263. The molecule has 0 saturated heterocycles. The van der Waals surface area contributed by atoms with Crippen LogP contribution < -0.4 is 15.8 Å². The molecule has 3 nitrogen and oxygen atoms in total. The summed E-state index contributed by atoms with van der Waals surface area (Å²) >= 11 is 5.97. The van der Waals surface area contributed by atoms with E-state index < -0.39 is 0 Å². The maximum atomic E-state index is 14.3. The van der Waals surface area contributed by atoms with E-state index in [0.29, 0.717) is 22.0 Å². The zero-order valence-corrected chi connectivity index (χ0v) is 15.1. The monoisotopic (exact) mass is 345 g/mol. The highest BCUT2D eigenvalue weighted by atomic mass is 35.5. The number of nitrogens with zero attached hydrogens (tertiary/aromatic N) is 2. The highest BCUT2D eigenvalue weighted by molar-refractivity contribution is 6.33. The van der Waals surface area contributed by atoms with Crippen molar-refractivity contribution in [2.24, 2.45) is 0 Å². The van der Waals surface area contributed by atoms with E-state index in [-0.39, 0.29) is 11.9 Å². The van der Waals surface area contributed by atoms with Crippen molar-refractivity contribution in [3.05, 3.63) is 62.9 Å². The van der Waals surface area contributed by atoms with E-state index in [4.69, 9.17) is 11.6 Å². The maximum absolute atomic E-state index is 14.3. The number of hydrogen-bond acceptors (Lipinski definition) is 3. The Balaban J connectivity index is 2.54. The highest BCUT2D eigenvalue weighted by Crippen LogP contribution is 2.21. The first kappa shape index (κ1) is 18.1. The van der Waals surface area contributed by atoms with E-state index >= 15 is 0 Å². The van der Waals surface area contributed by atoms with Crippen LogP contribution in [0.2, 0.25) is 0 Å². The van der Waals surface area contributed by atoms with Crippen LogP contribution in [0.3, 0.4) is 0 Å². The average molecular weight is 346 g/mol. The second kappa shape index (κ2) is 7.58. The molecule has 0 aliphatic heterocycles. The number of aromatic nitrogens is 2. The number of halogens is 2. The lowest BCUT2D eigenvalue weighted by Gasteiger charge is -2.17. The van der Waals surface area contributed by atoms with Crippen molar-refractivity contribution in [2.75, 3.05) is 5.32 Å². The Morgan fingerprint density at radius 1 is 1.29 bits per heavy atom. The van der Waals surface area contributed by atoms with Crippen molar-refractivity contribution >= 4 is 29.6 Å². The molecular weight excluding hydrogens is 325 g/mol. The molecule has 24 heavy (non-hydrogen) atoms. The van der Waals surface area contributed by atoms with Crippen LogP contribution in [0.15, 0.2) is 29.8 Å². The van der Waals surface area contributed by atoms with Crippen molar-refractivity contribution in [1.29, 1.82) is 0 Å². The molecule has 0 saturated carbocycles. The number of nitrogens with one attached hydrogen (secondary N) is 1. The summed E-state index contributed by atoms with van der Waals surface area (Å²) in [7, 11) is 0. The van der Waals surface area contributed by atoms with Crippen LogP contribution in [0.25, 0.3) is 12.2 Å². The summed E-state index contributed by atoms with van der Waals surface area (Å²) in [4.78, 5) is 0. The van der Waals surface area contributed by atoms with Gasteiger partial charge >= 0.3 is 0 Å². The summed E-state index contributed by atoms with van der Waals surface area (Å²) in [5.41, 5.74) is 1.98. The Hall–Kier alpha value is -2.20. The first-order valence-corrected chi connectivity index (χ1v) is 8.10. The normalized spacial score (nSPS) is 13.9. The molecule has 0 radical (unpaired) electrons. The molecule has 2 aromatic rings. The van der Waals surface area contributed by atoms with Crippen molar-refractivity contribution < 1.29 is 4.39 Å². The minimum atomic E-state index is -0.276. The molecule has 1 aromatic heterocycles. The van der Waals surface area contributed by atoms with Gasteiger partial charge in [0.1, 0.15) is 5.82 Å². The minimum Gasteiger partial charge on any atom is -0.361 e. The number of allylic oxidation sites excluding steroid dienone is 1. The molecule has 0 aliphatic carbocycles. The Morgan fingerprint density at radius 3 is 2.62 bits per heavy atom. The first-order chi connectivity index (χ1) is 11.3. The number of aryl methyl sites for hydroxylation is 2. The van der Waals surface area contributed by atoms with Crippen LogP contribution in [0, 0.1) is 19.7 Å². The van der Waals surface area contributed by atoms with Gasteiger partial charge in [0.05, 0.1) is 11.7 Å². The summed E-state index contributed by atoms with van der Waals surface area (Å²) in [5.74, 6) is 0.330. The van der Waals surface area contributed by atoms with Gasteiger partial charge in [-0.25, -0.2) is 4.39 Å². The zero-order chi connectivity index (χ0) is 17.9. The van der Waals surface area contributed by atoms with Crippen molar-refractivity contribution in [3.8, 4) is 0 Å². The van der Waals surface area contributed by atoms with Gasteiger partial charge < -0.3 is 5.32 Å². The largest absolute Gasteiger partial charge is 0.361 e. The van der Waals surface area contributed by atoms with Crippen molar-refractivity contribution in [2.45, 2.75) is 33.7 Å². The molecule has 0 fully saturated rings. The van der Waals surface area contributed by atoms with E-state index in [9.17, 15) is 4.39 Å². The number of benzene rings is 1. The van der Waals surface area contributed by atoms with E-state index in [1.54, 1.807) is 25.1 Å². The Morgan fingerprint density at radius 2 is 2.00 bits per heavy atom. The molecule has 1 unspecified atom stereocenters. The molecule has 0 bridgehead atoms. The maximum Gasteiger partial charge on any atom is 0.157 e. The Bertz CT molecular complexity index is 890. The smallest absolute Gasteiger partial charge is 0.157 e. The van der Waals surface area contributed by atoms with Crippen LogP contribution in [0.1, 0.15) is 36.7 Å². The lowest BCUT2D eigenvalue weighted by Crippen LogP contribution is -2.33. The first-order valence-electron chi connectivity index (χ1n) is 7.72. The van der Waals surface area contributed by atoms with Crippen molar-refractivity contribution in [1.82, 2.24) is 10.2 Å². The summed E-state index contributed by atoms with van der Waals surface area (Å²) in [5, 5.41) is 13.7. The molecule has 0 amide bonds. The predicted molar refractivity (Wildman–Crippen MR) is 98.8 cm³/mol. The number of hydrogen-bond donors (Lipinski definition) is 1. The van der Waals surface area contributed by atoms with E-state index in [1.165, 1.54) is 0 Å². The van der Waals surface area contributed by atoms with Gasteiger partial charge in [-0.1, -0.05) is 42.5 Å². The van der Waals surface area contributed by atoms with Gasteiger partial charge in [0.2, 0.25) is 0 Å². The molecule has 1 heterocycles. The summed E-state index contributed by atoms with van der Waals surface area (Å²) in [6, 6.07) is 5.07. The molecule has 1 atom stereocenters. The zero-order valence-electron chi connectivity index (χ0n) is 14.3. The second-order valence-electron chi connectivity index (χ2n) is 5.69. The summed E-state index contributed by atoms with van der Waals surface area (Å²) in [6.45, 7) is 11.2. The highest BCUT2D eigenvalue weighted by Gasteiger charge is 2.14. The molecule has 5 heteroatoms. The number of rotatable bonds is 4. The lowest BCUT2D eigenvalue weighted by molar-refractivity contribution is 0.591. The van der Waals surface area contributed by atoms with Gasteiger partial charge in [0.25, 0.3) is 0 Å². The number of anilines is 1. The second-order valence-corrected chi connectivity index (χ2v) is 6.17. The quantitative estimate of drug-likeness (QED) is 0.917. The van der Waals surface area contributed by atoms with Gasteiger partial charge in [-0.2, -0.15) is 5.10 Å². The lowest BCUT2D eigenvalue weighted by atomic mass is 10.0. The summed E-state index contributed by atoms with van der Waals surface area (Å²) in [6.07, 6.45) is 3.68. The molecule has 2 rings (SSSR count). The van der Waals surface area contributed by atoms with E-state index in [0.717, 1.165) is 16.1 Å². The fourth-order valence-electron chi connectivity index (χ4n) is 2.62. The molecular formula is C19H21ClFN3. The van der Waals surface area contributed by atoms with Crippen LogP contribution in [-0.4, -0.2) is 10.2 Å². The van der Waals surface area contributed by atoms with Gasteiger partial charge in [-0.05, 0) is 39.3 Å². The van der Waals surface area contributed by atoms with Gasteiger partial charge in [-0.15, -0.1) is 5.10 Å². The SMILES string of the molecule is C=C(Cl)/C=c1/c(NC(C)c2cccc(C)c2F)nnc(C)/c1=C/C. The molecule has 0 aliphatic rings. The van der Waals surface area contributed by atoms with Gasteiger partial charge in [0, 0.05) is 21.0 Å². The Labute approximate surface area is 146 Å². The molecule has 126 valence electrons. The molecule has 0 spiro atoms. The third-order valence-electron chi connectivity index (χ3n) is 3.87. The third kappa shape index (κ3) is 3.82. The Kier molecular flexibility index (Phi) is 5.73. The topological polar surface area (TPSA) is 37.8 Å². The molecule has 1 N–H and O–H groups in total. The average Bonchev–Trinajstić information content (AvgIpc) is 2.52. The van der Waals surface area contributed by atoms with Crippen LogP contribution >= 0.6 is 11.6 Å². The van der Waals surface area contributed by atoms with Gasteiger partial charge in [-0.3, -0.25) is 0 Å². The van der Waals surface area contributed by atoms with E-state index in [2.05, 4.69) is 22.1 Å². The van der Waals surface area contributed by atoms with E-state index in [1.807, 2.05) is 32.9 Å². The molecule has 1 aromatic carbocycles. The third-order valence-corrected chi connectivity index (χ3v) is 3.98. The predicted octanol–water partition coefficient (Wildman–Crippen LogP) is 3.74. The standard InChI is InChI=1S/C19H21ClFN3/c1-6-15-14(5)23-24-19(17(15)10-12(3)20)22-13(4)16-9-7-8-11(2)18(16)21/h6-10,13H,3H2,1-2,4-5H3,(H,22,24)/b15-6-,17-10+. The van der Waals surface area contributed by atoms with Gasteiger partial charge in [0.15, 0.2) is 5.82 Å². The van der Waals surface area contributed by atoms with Crippen LogP contribution in [0.4, 0.5) is 10.2 Å². The minimum absolute atomic E-state index is 0.216. The van der Waals surface area contributed by atoms with Crippen LogP contribution in [-0.2, 0) is 0 Å². The summed E-state index contributed by atoms with van der Waals surface area (Å²) < 4.78 is 14.3. The fourth-order valence-corrected chi connectivity index (χ4v) is 2.73.